The molecule has 0 amide bonds. The summed E-state index contributed by atoms with van der Waals surface area (Å²) >= 11 is 5.47. The number of carbonyl (C=O) groups excluding carboxylic acids is 1. The van der Waals surface area contributed by atoms with E-state index in [4.69, 9.17) is 16.3 Å². The zero-order chi connectivity index (χ0) is 9.61. The largest absolute Gasteiger partial charge is 0.363 e. The van der Waals surface area contributed by atoms with Gasteiger partial charge in [0.15, 0.2) is 0 Å². The summed E-state index contributed by atoms with van der Waals surface area (Å²) in [5, 5.41) is -0.732. The number of alkyl halides is 1. The fourth-order valence-electron chi connectivity index (χ4n) is 0.674. The Kier molecular flexibility index (Phi) is 4.96. The summed E-state index contributed by atoms with van der Waals surface area (Å²) in [4.78, 5) is 10.1. The van der Waals surface area contributed by atoms with Gasteiger partial charge in [-0.1, -0.05) is 11.8 Å². The van der Waals surface area contributed by atoms with Crippen LogP contribution in [0.25, 0.3) is 0 Å². The maximum Gasteiger partial charge on any atom is 0.149 e. The average Bonchev–Trinajstić information content (AvgIpc) is 2.00. The van der Waals surface area contributed by atoms with Crippen molar-refractivity contribution in [1.29, 1.82) is 0 Å². The molecule has 2 nitrogen and oxygen atoms in total. The zero-order valence-corrected chi connectivity index (χ0v) is 8.31. The average molecular weight is 189 g/mol. The van der Waals surface area contributed by atoms with Crippen LogP contribution in [-0.4, -0.2) is 23.9 Å². The monoisotopic (exact) mass is 188 g/mol. The highest BCUT2D eigenvalue weighted by atomic mass is 35.5. The van der Waals surface area contributed by atoms with Gasteiger partial charge < -0.3 is 9.53 Å². The molecule has 0 rings (SSSR count). The fraction of sp³-hybridized carbons (Fsp3) is 0.667. The Labute approximate surface area is 78.2 Å². The van der Waals surface area contributed by atoms with Crippen molar-refractivity contribution in [2.75, 3.05) is 6.61 Å². The van der Waals surface area contributed by atoms with Crippen LogP contribution in [0.5, 0.6) is 0 Å². The maximum atomic E-state index is 10.1. The van der Waals surface area contributed by atoms with E-state index < -0.39 is 11.0 Å². The number of rotatable bonds is 3. The van der Waals surface area contributed by atoms with Crippen LogP contribution in [0, 0.1) is 11.8 Å². The summed E-state index contributed by atoms with van der Waals surface area (Å²) in [6.45, 7) is 6.15. The maximum absolute atomic E-state index is 10.1. The number of halogens is 1. The van der Waals surface area contributed by atoms with Crippen molar-refractivity contribution in [3.8, 4) is 11.8 Å². The Morgan fingerprint density at radius 3 is 2.67 bits per heavy atom. The van der Waals surface area contributed by atoms with Crippen molar-refractivity contribution in [2.45, 2.75) is 31.7 Å². The van der Waals surface area contributed by atoms with E-state index in [1.54, 1.807) is 0 Å². The molecule has 0 aliphatic heterocycles. The Hall–Kier alpha value is -0.520. The van der Waals surface area contributed by atoms with Gasteiger partial charge in [-0.25, -0.2) is 0 Å². The summed E-state index contributed by atoms with van der Waals surface area (Å²) in [7, 11) is 0. The number of ether oxygens (including phenoxy) is 1. The molecule has 0 aliphatic rings. The topological polar surface area (TPSA) is 26.3 Å². The molecule has 3 heteroatoms. The molecule has 1 atom stereocenters. The van der Waals surface area contributed by atoms with Crippen LogP contribution in [-0.2, 0) is 9.53 Å². The predicted molar refractivity (Wildman–Crippen MR) is 49.2 cm³/mol. The van der Waals surface area contributed by atoms with Crippen LogP contribution in [0.3, 0.4) is 0 Å². The van der Waals surface area contributed by atoms with Crippen LogP contribution in [0.15, 0.2) is 0 Å². The summed E-state index contributed by atoms with van der Waals surface area (Å²) in [5.74, 6) is 5.35. The van der Waals surface area contributed by atoms with Gasteiger partial charge in [-0.05, 0) is 20.8 Å². The van der Waals surface area contributed by atoms with Crippen LogP contribution in [0.4, 0.5) is 0 Å². The lowest BCUT2D eigenvalue weighted by atomic mass is 10.1. The Bertz CT molecular complexity index is 200. The summed E-state index contributed by atoms with van der Waals surface area (Å²) in [6.07, 6.45) is 0.594. The van der Waals surface area contributed by atoms with Gasteiger partial charge in [0.1, 0.15) is 17.3 Å². The van der Waals surface area contributed by atoms with E-state index in [0.717, 1.165) is 0 Å². The number of hydrogen-bond acceptors (Lipinski definition) is 2. The molecule has 0 bridgehead atoms. The van der Waals surface area contributed by atoms with Crippen molar-refractivity contribution in [3.63, 3.8) is 0 Å². The highest BCUT2D eigenvalue weighted by Gasteiger charge is 2.12. The van der Waals surface area contributed by atoms with Crippen molar-refractivity contribution < 1.29 is 9.53 Å². The molecule has 0 saturated heterocycles. The minimum atomic E-state index is -0.732. The predicted octanol–water partition coefficient (Wildman–Crippen LogP) is 1.61. The normalized spacial score (nSPS) is 13.0. The molecule has 0 aromatic heterocycles. The first kappa shape index (κ1) is 11.5. The van der Waals surface area contributed by atoms with Crippen molar-refractivity contribution >= 4 is 17.9 Å². The molecular weight excluding hydrogens is 176 g/mol. The van der Waals surface area contributed by atoms with Crippen LogP contribution in [0.2, 0.25) is 0 Å². The van der Waals surface area contributed by atoms with E-state index in [-0.39, 0.29) is 0 Å². The van der Waals surface area contributed by atoms with E-state index in [2.05, 4.69) is 11.8 Å². The molecule has 0 radical (unpaired) electrons. The number of aldehydes is 1. The third kappa shape index (κ3) is 5.17. The van der Waals surface area contributed by atoms with E-state index in [0.29, 0.717) is 12.9 Å². The lowest BCUT2D eigenvalue weighted by Crippen LogP contribution is -2.22. The van der Waals surface area contributed by atoms with Crippen LogP contribution >= 0.6 is 11.6 Å². The van der Waals surface area contributed by atoms with Gasteiger partial charge in [-0.2, -0.15) is 0 Å². The van der Waals surface area contributed by atoms with Gasteiger partial charge in [0.2, 0.25) is 0 Å². The summed E-state index contributed by atoms with van der Waals surface area (Å²) in [5.41, 5.74) is -0.523. The van der Waals surface area contributed by atoms with Gasteiger partial charge in [0.05, 0.1) is 0 Å². The first-order valence-electron chi connectivity index (χ1n) is 3.78. The third-order valence-corrected chi connectivity index (χ3v) is 1.35. The highest BCUT2D eigenvalue weighted by Crippen LogP contribution is 2.06. The molecule has 0 aromatic carbocycles. The lowest BCUT2D eigenvalue weighted by Gasteiger charge is -2.16. The van der Waals surface area contributed by atoms with E-state index in [1.807, 2.05) is 20.8 Å². The minimum absolute atomic E-state index is 0.523. The van der Waals surface area contributed by atoms with Crippen LogP contribution in [0.1, 0.15) is 20.8 Å². The van der Waals surface area contributed by atoms with E-state index in [1.165, 1.54) is 0 Å². The van der Waals surface area contributed by atoms with Gasteiger partial charge in [-0.3, -0.25) is 0 Å². The molecule has 1 unspecified atom stereocenters. The lowest BCUT2D eigenvalue weighted by molar-refractivity contribution is -0.106. The fourth-order valence-corrected chi connectivity index (χ4v) is 0.728. The van der Waals surface area contributed by atoms with E-state index >= 15 is 0 Å². The van der Waals surface area contributed by atoms with Gasteiger partial charge in [0.25, 0.3) is 0 Å². The molecule has 0 heterocycles. The third-order valence-electron chi connectivity index (χ3n) is 1.14. The smallest absolute Gasteiger partial charge is 0.149 e. The first-order chi connectivity index (χ1) is 5.52. The second-order valence-corrected chi connectivity index (χ2v) is 3.22. The van der Waals surface area contributed by atoms with E-state index in [9.17, 15) is 4.79 Å². The molecule has 0 spiro atoms. The molecule has 12 heavy (non-hydrogen) atoms. The number of carbonyl (C=O) groups is 1. The second kappa shape index (κ2) is 5.18. The standard InChI is InChI=1S/C9H13ClO2/c1-4-12-9(2,3)6-5-8(10)7-11/h7-8H,4H2,1-3H3. The molecule has 68 valence electrons. The Balaban J connectivity index is 4.16. The number of hydrogen-bond donors (Lipinski definition) is 0. The minimum Gasteiger partial charge on any atom is -0.363 e. The molecule has 0 N–H and O–H groups in total. The Morgan fingerprint density at radius 1 is 1.67 bits per heavy atom. The molecule has 0 aliphatic carbocycles. The van der Waals surface area contributed by atoms with Gasteiger partial charge in [-0.15, -0.1) is 11.6 Å². The van der Waals surface area contributed by atoms with Gasteiger partial charge in [0, 0.05) is 6.61 Å². The van der Waals surface area contributed by atoms with Crippen LogP contribution < -0.4 is 0 Å². The Morgan fingerprint density at radius 2 is 2.25 bits per heavy atom. The van der Waals surface area contributed by atoms with Gasteiger partial charge >= 0.3 is 0 Å². The SMILES string of the molecule is CCOC(C)(C)C#CC(Cl)C=O. The summed E-state index contributed by atoms with van der Waals surface area (Å²) < 4.78 is 5.28. The molecule has 0 saturated carbocycles. The highest BCUT2D eigenvalue weighted by molar-refractivity contribution is 6.29. The molecule has 0 fully saturated rings. The molecular formula is C9H13ClO2. The zero-order valence-electron chi connectivity index (χ0n) is 7.56. The summed E-state index contributed by atoms with van der Waals surface area (Å²) in [6, 6.07) is 0. The van der Waals surface area contributed by atoms with Crippen molar-refractivity contribution in [1.82, 2.24) is 0 Å². The van der Waals surface area contributed by atoms with Crippen molar-refractivity contribution in [2.24, 2.45) is 0 Å². The van der Waals surface area contributed by atoms with Crippen molar-refractivity contribution in [3.05, 3.63) is 0 Å². The quantitative estimate of drug-likeness (QED) is 0.382. The molecule has 0 aromatic rings. The second-order valence-electron chi connectivity index (χ2n) is 2.75. The first-order valence-corrected chi connectivity index (χ1v) is 4.21.